The molecule has 0 spiro atoms. The number of carbonyl (C=O) groups excluding carboxylic acids is 1. The predicted octanol–water partition coefficient (Wildman–Crippen LogP) is -0.482. The number of aliphatic hydroxyl groups excluding tert-OH is 1. The van der Waals surface area contributed by atoms with Crippen LogP contribution in [0.2, 0.25) is 0 Å². The van der Waals surface area contributed by atoms with E-state index in [0.717, 1.165) is 36.9 Å². The topological polar surface area (TPSA) is 103 Å². The van der Waals surface area contributed by atoms with E-state index >= 15 is 0 Å². The average Bonchev–Trinajstić information content (AvgIpc) is 2.97. The van der Waals surface area contributed by atoms with Crippen LogP contribution < -0.4 is 0 Å². The van der Waals surface area contributed by atoms with Crippen LogP contribution in [-0.2, 0) is 22.7 Å². The van der Waals surface area contributed by atoms with Gasteiger partial charge in [0.1, 0.15) is 0 Å². The predicted molar refractivity (Wildman–Crippen MR) is 75.8 cm³/mol. The Morgan fingerprint density at radius 1 is 1.33 bits per heavy atom. The number of sulfone groups is 1. The fraction of sp³-hybridized carbons (Fsp3) is 0.692. The van der Waals surface area contributed by atoms with Crippen LogP contribution in [0.3, 0.4) is 0 Å². The van der Waals surface area contributed by atoms with E-state index in [-0.39, 0.29) is 17.4 Å². The number of hydrogen-bond acceptors (Lipinski definition) is 5. The number of H-pyrrole nitrogens is 1. The standard InChI is InChI=1S/C13H19N3O4S/c1-16(10-6-21(19,20)7-11(10)17)13(18)12-8-4-2-3-5-9(8)14-15-12/h10-11,17H,2-7H2,1H3,(H,14,15)/t10-,11-/m0/s1. The molecule has 1 fully saturated rings. The lowest BCUT2D eigenvalue weighted by atomic mass is 9.95. The number of amides is 1. The number of fused-ring (bicyclic) bond motifs is 1. The molecular formula is C13H19N3O4S. The first kappa shape index (κ1) is 14.5. The minimum atomic E-state index is -3.28. The van der Waals surface area contributed by atoms with Gasteiger partial charge in [-0.25, -0.2) is 8.42 Å². The van der Waals surface area contributed by atoms with Gasteiger partial charge < -0.3 is 10.0 Å². The molecule has 8 heteroatoms. The first-order valence-electron chi connectivity index (χ1n) is 7.11. The van der Waals surface area contributed by atoms with Crippen LogP contribution in [-0.4, -0.2) is 65.2 Å². The van der Waals surface area contributed by atoms with Gasteiger partial charge in [0.05, 0.1) is 23.7 Å². The van der Waals surface area contributed by atoms with E-state index in [1.165, 1.54) is 11.9 Å². The molecule has 116 valence electrons. The molecule has 2 heterocycles. The molecule has 1 aromatic heterocycles. The summed E-state index contributed by atoms with van der Waals surface area (Å²) >= 11 is 0. The van der Waals surface area contributed by atoms with Gasteiger partial charge in [-0.2, -0.15) is 5.10 Å². The van der Waals surface area contributed by atoms with Gasteiger partial charge in [-0.3, -0.25) is 9.89 Å². The largest absolute Gasteiger partial charge is 0.390 e. The minimum Gasteiger partial charge on any atom is -0.390 e. The van der Waals surface area contributed by atoms with Gasteiger partial charge >= 0.3 is 0 Å². The van der Waals surface area contributed by atoms with E-state index in [1.54, 1.807) is 0 Å². The smallest absolute Gasteiger partial charge is 0.274 e. The minimum absolute atomic E-state index is 0.191. The van der Waals surface area contributed by atoms with E-state index in [1.807, 2.05) is 0 Å². The van der Waals surface area contributed by atoms with Crippen molar-refractivity contribution in [3.05, 3.63) is 17.0 Å². The van der Waals surface area contributed by atoms with Crippen LogP contribution in [0.4, 0.5) is 0 Å². The Morgan fingerprint density at radius 2 is 2.05 bits per heavy atom. The van der Waals surface area contributed by atoms with Crippen LogP contribution in [0.1, 0.15) is 34.6 Å². The van der Waals surface area contributed by atoms with Crippen LogP contribution in [0, 0.1) is 0 Å². The third-order valence-corrected chi connectivity index (χ3v) is 6.07. The number of carbonyl (C=O) groups is 1. The van der Waals surface area contributed by atoms with E-state index in [2.05, 4.69) is 10.2 Å². The fourth-order valence-corrected chi connectivity index (χ4v) is 5.00. The second-order valence-electron chi connectivity index (χ2n) is 5.86. The quantitative estimate of drug-likeness (QED) is 0.767. The number of hydrogen-bond donors (Lipinski definition) is 2. The highest BCUT2D eigenvalue weighted by molar-refractivity contribution is 7.91. The van der Waals surface area contributed by atoms with Crippen molar-refractivity contribution in [1.29, 1.82) is 0 Å². The normalized spacial score (nSPS) is 27.3. The summed E-state index contributed by atoms with van der Waals surface area (Å²) in [6.45, 7) is 0. The number of nitrogens with one attached hydrogen (secondary N) is 1. The maximum absolute atomic E-state index is 12.6. The molecule has 21 heavy (non-hydrogen) atoms. The number of aromatic nitrogens is 2. The van der Waals surface area contributed by atoms with Crippen molar-refractivity contribution < 1.29 is 18.3 Å². The first-order valence-corrected chi connectivity index (χ1v) is 8.93. The van der Waals surface area contributed by atoms with Crippen LogP contribution in [0.25, 0.3) is 0 Å². The molecule has 1 saturated heterocycles. The zero-order chi connectivity index (χ0) is 15.2. The lowest BCUT2D eigenvalue weighted by Gasteiger charge is -2.25. The molecule has 1 amide bonds. The Balaban J connectivity index is 1.84. The van der Waals surface area contributed by atoms with Crippen molar-refractivity contribution in [2.24, 2.45) is 0 Å². The molecule has 0 saturated carbocycles. The number of aliphatic hydroxyl groups is 1. The zero-order valence-corrected chi connectivity index (χ0v) is 12.7. The molecule has 7 nitrogen and oxygen atoms in total. The summed E-state index contributed by atoms with van der Waals surface area (Å²) in [6.07, 6.45) is 2.78. The first-order chi connectivity index (χ1) is 9.89. The number of aromatic amines is 1. The van der Waals surface area contributed by atoms with Gasteiger partial charge in [0.15, 0.2) is 15.5 Å². The van der Waals surface area contributed by atoms with Crippen molar-refractivity contribution >= 4 is 15.7 Å². The Bertz CT molecular complexity index is 667. The third-order valence-electron chi connectivity index (χ3n) is 4.37. The van der Waals surface area contributed by atoms with Gasteiger partial charge in [0.25, 0.3) is 5.91 Å². The van der Waals surface area contributed by atoms with E-state index in [9.17, 15) is 18.3 Å². The molecule has 0 unspecified atom stereocenters. The third kappa shape index (κ3) is 2.57. The van der Waals surface area contributed by atoms with Crippen molar-refractivity contribution in [1.82, 2.24) is 15.1 Å². The molecule has 1 aliphatic heterocycles. The summed E-state index contributed by atoms with van der Waals surface area (Å²) < 4.78 is 23.2. The lowest BCUT2D eigenvalue weighted by molar-refractivity contribution is 0.0574. The molecule has 0 aromatic carbocycles. The average molecular weight is 313 g/mol. The highest BCUT2D eigenvalue weighted by Crippen LogP contribution is 2.25. The van der Waals surface area contributed by atoms with E-state index in [0.29, 0.717) is 5.69 Å². The Kier molecular flexibility index (Phi) is 3.53. The van der Waals surface area contributed by atoms with Crippen molar-refractivity contribution in [3.8, 4) is 0 Å². The lowest BCUT2D eigenvalue weighted by Crippen LogP contribution is -2.44. The molecule has 3 rings (SSSR count). The van der Waals surface area contributed by atoms with Crippen LogP contribution in [0.15, 0.2) is 0 Å². The Labute approximate surface area is 123 Å². The molecule has 0 radical (unpaired) electrons. The summed E-state index contributed by atoms with van der Waals surface area (Å²) in [5.41, 5.74) is 2.30. The summed E-state index contributed by atoms with van der Waals surface area (Å²) in [7, 11) is -1.75. The molecular weight excluding hydrogens is 294 g/mol. The Morgan fingerprint density at radius 3 is 2.71 bits per heavy atom. The fourth-order valence-electron chi connectivity index (χ4n) is 3.16. The number of aryl methyl sites for hydroxylation is 1. The van der Waals surface area contributed by atoms with Crippen molar-refractivity contribution in [2.75, 3.05) is 18.6 Å². The van der Waals surface area contributed by atoms with Gasteiger partial charge in [-0.05, 0) is 25.7 Å². The van der Waals surface area contributed by atoms with Crippen LogP contribution >= 0.6 is 0 Å². The molecule has 1 aromatic rings. The second-order valence-corrected chi connectivity index (χ2v) is 8.02. The maximum atomic E-state index is 12.6. The second kappa shape index (κ2) is 5.10. The summed E-state index contributed by atoms with van der Waals surface area (Å²) in [6, 6.07) is -0.696. The summed E-state index contributed by atoms with van der Waals surface area (Å²) in [5, 5.41) is 16.9. The SMILES string of the molecule is CN(C(=O)c1n[nH]c2c1CCCC2)[C@H]1CS(=O)(=O)C[C@@H]1O. The van der Waals surface area contributed by atoms with E-state index < -0.39 is 22.0 Å². The highest BCUT2D eigenvalue weighted by atomic mass is 32.2. The molecule has 2 atom stereocenters. The molecule has 1 aliphatic carbocycles. The van der Waals surface area contributed by atoms with Crippen LogP contribution in [0.5, 0.6) is 0 Å². The number of nitrogens with zero attached hydrogens (tertiary/aromatic N) is 2. The summed E-state index contributed by atoms with van der Waals surface area (Å²) in [5.74, 6) is -0.799. The molecule has 2 aliphatic rings. The highest BCUT2D eigenvalue weighted by Gasteiger charge is 2.41. The van der Waals surface area contributed by atoms with Gasteiger partial charge in [0, 0.05) is 18.3 Å². The van der Waals surface area contributed by atoms with Gasteiger partial charge in [-0.1, -0.05) is 0 Å². The van der Waals surface area contributed by atoms with Crippen molar-refractivity contribution in [2.45, 2.75) is 37.8 Å². The maximum Gasteiger partial charge on any atom is 0.274 e. The molecule has 0 bridgehead atoms. The Hall–Kier alpha value is -1.41. The number of likely N-dealkylation sites (N-methyl/N-ethyl adjacent to an activating group) is 1. The van der Waals surface area contributed by atoms with Gasteiger partial charge in [0.2, 0.25) is 0 Å². The van der Waals surface area contributed by atoms with Gasteiger partial charge in [-0.15, -0.1) is 0 Å². The monoisotopic (exact) mass is 313 g/mol. The number of rotatable bonds is 2. The summed E-state index contributed by atoms with van der Waals surface area (Å²) in [4.78, 5) is 13.9. The van der Waals surface area contributed by atoms with E-state index in [4.69, 9.17) is 0 Å². The van der Waals surface area contributed by atoms with Crippen molar-refractivity contribution in [3.63, 3.8) is 0 Å². The molecule has 2 N–H and O–H groups in total. The zero-order valence-electron chi connectivity index (χ0n) is 11.9.